The summed E-state index contributed by atoms with van der Waals surface area (Å²) in [7, 11) is 0. The zero-order valence-corrected chi connectivity index (χ0v) is 15.1. The van der Waals surface area contributed by atoms with Crippen LogP contribution in [0.1, 0.15) is 19.4 Å². The number of hydrogen-bond acceptors (Lipinski definition) is 4. The Balaban J connectivity index is 1.69. The number of nitrogens with zero attached hydrogens (tertiary/aromatic N) is 4. The van der Waals surface area contributed by atoms with Gasteiger partial charge in [0.15, 0.2) is 0 Å². The number of carbonyl (C=O) groups is 1. The van der Waals surface area contributed by atoms with E-state index in [-0.39, 0.29) is 12.1 Å². The van der Waals surface area contributed by atoms with Crippen molar-refractivity contribution in [2.24, 2.45) is 0 Å². The van der Waals surface area contributed by atoms with E-state index in [0.717, 1.165) is 30.2 Å². The molecule has 3 rings (SSSR count). The number of carbonyl (C=O) groups excluding carboxylic acids is 1. The van der Waals surface area contributed by atoms with E-state index in [9.17, 15) is 4.79 Å². The second-order valence-electron chi connectivity index (χ2n) is 6.65. The van der Waals surface area contributed by atoms with Crippen molar-refractivity contribution in [1.82, 2.24) is 20.2 Å². The van der Waals surface area contributed by atoms with Crippen molar-refractivity contribution in [3.8, 4) is 11.3 Å². The molecule has 0 aliphatic carbocycles. The molecular formula is C19H25N5O. The summed E-state index contributed by atoms with van der Waals surface area (Å²) < 4.78 is 0. The Morgan fingerprint density at radius 1 is 1.12 bits per heavy atom. The van der Waals surface area contributed by atoms with Crippen molar-refractivity contribution in [1.29, 1.82) is 0 Å². The van der Waals surface area contributed by atoms with E-state index in [0.29, 0.717) is 13.1 Å². The summed E-state index contributed by atoms with van der Waals surface area (Å²) in [5, 5.41) is 2.95. The fraction of sp³-hybridized carbons (Fsp3) is 0.421. The fourth-order valence-corrected chi connectivity index (χ4v) is 3.00. The zero-order valence-electron chi connectivity index (χ0n) is 15.1. The number of anilines is 1. The van der Waals surface area contributed by atoms with E-state index < -0.39 is 0 Å². The maximum atomic E-state index is 12.1. The molecule has 1 saturated heterocycles. The minimum absolute atomic E-state index is 0.0120. The van der Waals surface area contributed by atoms with Gasteiger partial charge in [0, 0.05) is 43.9 Å². The summed E-state index contributed by atoms with van der Waals surface area (Å²) in [6.45, 7) is 8.98. The number of rotatable bonds is 3. The molecule has 2 heterocycles. The van der Waals surface area contributed by atoms with Crippen LogP contribution in [-0.2, 0) is 0 Å². The largest absolute Gasteiger partial charge is 0.353 e. The number of benzene rings is 1. The number of aromatic nitrogens is 2. The normalized spacial score (nSPS) is 14.7. The standard InChI is InChI=1S/C19H25N5O/c1-14(2)22-19(25)24-10-8-23(9-11-24)18-12-17(20-13-21-18)16-7-5-4-6-15(16)3/h4-7,12-14H,8-11H2,1-3H3,(H,22,25). The number of hydrogen-bond donors (Lipinski definition) is 1. The molecule has 1 aliphatic heterocycles. The second-order valence-corrected chi connectivity index (χ2v) is 6.65. The van der Waals surface area contributed by atoms with Crippen LogP contribution in [0.25, 0.3) is 11.3 Å². The predicted octanol–water partition coefficient (Wildman–Crippen LogP) is 2.69. The molecule has 25 heavy (non-hydrogen) atoms. The molecule has 1 aromatic heterocycles. The third-order valence-electron chi connectivity index (χ3n) is 4.38. The molecule has 6 nitrogen and oxygen atoms in total. The monoisotopic (exact) mass is 339 g/mol. The molecule has 2 aromatic rings. The lowest BCUT2D eigenvalue weighted by Gasteiger charge is -2.35. The summed E-state index contributed by atoms with van der Waals surface area (Å²) in [6.07, 6.45) is 1.62. The SMILES string of the molecule is Cc1ccccc1-c1cc(N2CCN(C(=O)NC(C)C)CC2)ncn1. The van der Waals surface area contributed by atoms with Gasteiger partial charge >= 0.3 is 6.03 Å². The molecule has 1 fully saturated rings. The first kappa shape index (κ1) is 17.2. The van der Waals surface area contributed by atoms with Crippen molar-refractivity contribution in [2.75, 3.05) is 31.1 Å². The molecule has 132 valence electrons. The van der Waals surface area contributed by atoms with Gasteiger partial charge in [0.1, 0.15) is 12.1 Å². The molecule has 0 saturated carbocycles. The number of piperazine rings is 1. The maximum absolute atomic E-state index is 12.1. The third kappa shape index (κ3) is 4.07. The molecule has 0 unspecified atom stereocenters. The predicted molar refractivity (Wildman–Crippen MR) is 99.7 cm³/mol. The quantitative estimate of drug-likeness (QED) is 0.934. The second kappa shape index (κ2) is 7.51. The van der Waals surface area contributed by atoms with Crippen LogP contribution in [0.3, 0.4) is 0 Å². The molecule has 2 amide bonds. The Labute approximate surface area is 148 Å². The van der Waals surface area contributed by atoms with Gasteiger partial charge in [-0.05, 0) is 26.3 Å². The zero-order chi connectivity index (χ0) is 17.8. The van der Waals surface area contributed by atoms with Crippen LogP contribution in [0.5, 0.6) is 0 Å². The number of nitrogens with one attached hydrogen (secondary N) is 1. The minimum Gasteiger partial charge on any atom is -0.353 e. The smallest absolute Gasteiger partial charge is 0.317 e. The van der Waals surface area contributed by atoms with Crippen molar-refractivity contribution >= 4 is 11.8 Å². The van der Waals surface area contributed by atoms with E-state index in [1.165, 1.54) is 5.56 Å². The van der Waals surface area contributed by atoms with Crippen molar-refractivity contribution in [2.45, 2.75) is 26.8 Å². The summed E-state index contributed by atoms with van der Waals surface area (Å²) in [4.78, 5) is 25.0. The molecule has 0 atom stereocenters. The average Bonchev–Trinajstić information content (AvgIpc) is 2.62. The van der Waals surface area contributed by atoms with E-state index in [1.807, 2.05) is 36.9 Å². The van der Waals surface area contributed by atoms with Gasteiger partial charge in [-0.1, -0.05) is 24.3 Å². The van der Waals surface area contributed by atoms with Gasteiger partial charge in [0.25, 0.3) is 0 Å². The van der Waals surface area contributed by atoms with E-state index >= 15 is 0 Å². The number of aryl methyl sites for hydroxylation is 1. The molecule has 0 spiro atoms. The van der Waals surface area contributed by atoms with Crippen molar-refractivity contribution in [3.63, 3.8) is 0 Å². The maximum Gasteiger partial charge on any atom is 0.317 e. The lowest BCUT2D eigenvalue weighted by atomic mass is 10.1. The highest BCUT2D eigenvalue weighted by molar-refractivity contribution is 5.75. The highest BCUT2D eigenvalue weighted by Gasteiger charge is 2.22. The van der Waals surface area contributed by atoms with Crippen LogP contribution in [-0.4, -0.2) is 53.1 Å². The van der Waals surface area contributed by atoms with Crippen molar-refractivity contribution < 1.29 is 4.79 Å². The molecule has 0 radical (unpaired) electrons. The van der Waals surface area contributed by atoms with Gasteiger partial charge in [0.05, 0.1) is 5.69 Å². The van der Waals surface area contributed by atoms with Gasteiger partial charge in [0.2, 0.25) is 0 Å². The molecule has 6 heteroatoms. The van der Waals surface area contributed by atoms with Gasteiger partial charge in [-0.25, -0.2) is 14.8 Å². The molecule has 0 bridgehead atoms. The Hall–Kier alpha value is -2.63. The molecule has 1 N–H and O–H groups in total. The van der Waals surface area contributed by atoms with Gasteiger partial charge in [-0.15, -0.1) is 0 Å². The van der Waals surface area contributed by atoms with E-state index in [4.69, 9.17) is 0 Å². The Kier molecular flexibility index (Phi) is 5.16. The van der Waals surface area contributed by atoms with Gasteiger partial charge in [-0.3, -0.25) is 0 Å². The van der Waals surface area contributed by atoms with Crippen molar-refractivity contribution in [3.05, 3.63) is 42.2 Å². The minimum atomic E-state index is 0.0120. The Morgan fingerprint density at radius 3 is 2.52 bits per heavy atom. The van der Waals surface area contributed by atoms with Crippen LogP contribution >= 0.6 is 0 Å². The first-order valence-electron chi connectivity index (χ1n) is 8.73. The third-order valence-corrected chi connectivity index (χ3v) is 4.38. The topological polar surface area (TPSA) is 61.4 Å². The van der Waals surface area contributed by atoms with Crippen LogP contribution < -0.4 is 10.2 Å². The first-order valence-corrected chi connectivity index (χ1v) is 8.73. The van der Waals surface area contributed by atoms with E-state index in [2.05, 4.69) is 39.2 Å². The summed E-state index contributed by atoms with van der Waals surface area (Å²) >= 11 is 0. The van der Waals surface area contributed by atoms with Crippen LogP contribution in [0, 0.1) is 6.92 Å². The summed E-state index contributed by atoms with van der Waals surface area (Å²) in [5.41, 5.74) is 3.26. The van der Waals surface area contributed by atoms with Crippen LogP contribution in [0.2, 0.25) is 0 Å². The highest BCUT2D eigenvalue weighted by atomic mass is 16.2. The summed E-state index contributed by atoms with van der Waals surface area (Å²) in [5.74, 6) is 0.914. The van der Waals surface area contributed by atoms with Crippen LogP contribution in [0.15, 0.2) is 36.7 Å². The highest BCUT2D eigenvalue weighted by Crippen LogP contribution is 2.24. The van der Waals surface area contributed by atoms with Gasteiger partial charge < -0.3 is 15.1 Å². The molecule has 1 aliphatic rings. The number of urea groups is 1. The fourth-order valence-electron chi connectivity index (χ4n) is 3.00. The lowest BCUT2D eigenvalue weighted by molar-refractivity contribution is 0.191. The van der Waals surface area contributed by atoms with Crippen LogP contribution in [0.4, 0.5) is 10.6 Å². The van der Waals surface area contributed by atoms with Gasteiger partial charge in [-0.2, -0.15) is 0 Å². The lowest BCUT2D eigenvalue weighted by Crippen LogP contribution is -2.53. The first-order chi connectivity index (χ1) is 12.0. The van der Waals surface area contributed by atoms with E-state index in [1.54, 1.807) is 6.33 Å². The summed E-state index contributed by atoms with van der Waals surface area (Å²) in [6, 6.07) is 10.4. The molecule has 1 aromatic carbocycles. The average molecular weight is 339 g/mol. The Morgan fingerprint density at radius 2 is 1.84 bits per heavy atom. The molecular weight excluding hydrogens is 314 g/mol. The Bertz CT molecular complexity index is 738. The number of amides is 2.